The zero-order valence-corrected chi connectivity index (χ0v) is 12.6. The smallest absolute Gasteiger partial charge is 0.0238 e. The maximum absolute atomic E-state index is 5.82. The molecule has 0 aliphatic heterocycles. The number of likely N-dealkylation sites (N-methyl/N-ethyl adjacent to an activating group) is 1. The molecule has 2 nitrogen and oxygen atoms in total. The quantitative estimate of drug-likeness (QED) is 0.875. The Kier molecular flexibility index (Phi) is 6.17. The number of benzene rings is 1. The third-order valence-electron chi connectivity index (χ3n) is 3.27. The molecule has 0 aromatic heterocycles. The summed E-state index contributed by atoms with van der Waals surface area (Å²) in [7, 11) is 2.16. The van der Waals surface area contributed by atoms with E-state index in [2.05, 4.69) is 59.9 Å². The molecule has 0 radical (unpaired) electrons. The van der Waals surface area contributed by atoms with Crippen LogP contribution in [-0.2, 0) is 6.42 Å². The standard InChI is InChI=1S/C14H23BrN2/c1-11(2)14(10-16)17(3)9-8-12-6-4-5-7-13(12)15/h4-7,11,14H,8-10,16H2,1-3H3. The average molecular weight is 299 g/mol. The zero-order valence-electron chi connectivity index (χ0n) is 11.0. The van der Waals surface area contributed by atoms with Crippen LogP contribution in [-0.4, -0.2) is 31.1 Å². The van der Waals surface area contributed by atoms with E-state index in [0.29, 0.717) is 12.0 Å². The van der Waals surface area contributed by atoms with Gasteiger partial charge in [0.15, 0.2) is 0 Å². The van der Waals surface area contributed by atoms with Crippen LogP contribution in [0.4, 0.5) is 0 Å². The van der Waals surface area contributed by atoms with Crippen molar-refractivity contribution in [3.05, 3.63) is 34.3 Å². The molecule has 2 N–H and O–H groups in total. The largest absolute Gasteiger partial charge is 0.329 e. The summed E-state index contributed by atoms with van der Waals surface area (Å²) in [5.74, 6) is 0.601. The van der Waals surface area contributed by atoms with Crippen LogP contribution < -0.4 is 5.73 Å². The fourth-order valence-electron chi connectivity index (χ4n) is 2.12. The maximum atomic E-state index is 5.82. The van der Waals surface area contributed by atoms with E-state index in [0.717, 1.165) is 19.5 Å². The van der Waals surface area contributed by atoms with Crippen molar-refractivity contribution in [1.82, 2.24) is 4.90 Å². The third-order valence-corrected chi connectivity index (χ3v) is 4.04. The van der Waals surface area contributed by atoms with Crippen LogP contribution in [0.3, 0.4) is 0 Å². The van der Waals surface area contributed by atoms with Gasteiger partial charge in [-0.15, -0.1) is 0 Å². The van der Waals surface area contributed by atoms with Crippen LogP contribution in [0, 0.1) is 5.92 Å². The molecular formula is C14H23BrN2. The fourth-order valence-corrected chi connectivity index (χ4v) is 2.61. The van der Waals surface area contributed by atoms with E-state index in [1.807, 2.05) is 6.07 Å². The Morgan fingerprint density at radius 3 is 2.47 bits per heavy atom. The summed E-state index contributed by atoms with van der Waals surface area (Å²) in [6, 6.07) is 8.87. The number of halogens is 1. The summed E-state index contributed by atoms with van der Waals surface area (Å²) >= 11 is 3.59. The van der Waals surface area contributed by atoms with Crippen LogP contribution in [0.1, 0.15) is 19.4 Å². The number of rotatable bonds is 6. The molecule has 17 heavy (non-hydrogen) atoms. The Balaban J connectivity index is 2.53. The monoisotopic (exact) mass is 298 g/mol. The van der Waals surface area contributed by atoms with Gasteiger partial charge in [0, 0.05) is 23.6 Å². The summed E-state index contributed by atoms with van der Waals surface area (Å²) in [6.07, 6.45) is 1.06. The van der Waals surface area contributed by atoms with Gasteiger partial charge in [0.05, 0.1) is 0 Å². The molecule has 1 aromatic carbocycles. The molecule has 0 spiro atoms. The molecular weight excluding hydrogens is 276 g/mol. The molecule has 1 aromatic rings. The second-order valence-electron chi connectivity index (χ2n) is 4.87. The Morgan fingerprint density at radius 2 is 1.94 bits per heavy atom. The number of nitrogens with two attached hydrogens (primary N) is 1. The minimum Gasteiger partial charge on any atom is -0.329 e. The van der Waals surface area contributed by atoms with Gasteiger partial charge in [-0.2, -0.15) is 0 Å². The highest BCUT2D eigenvalue weighted by Gasteiger charge is 2.16. The second kappa shape index (κ2) is 7.14. The molecule has 0 aliphatic rings. The topological polar surface area (TPSA) is 29.3 Å². The molecule has 0 heterocycles. The van der Waals surface area contributed by atoms with E-state index in [-0.39, 0.29) is 0 Å². The summed E-state index contributed by atoms with van der Waals surface area (Å²) in [5, 5.41) is 0. The van der Waals surface area contributed by atoms with Crippen LogP contribution in [0.2, 0.25) is 0 Å². The molecule has 1 atom stereocenters. The van der Waals surface area contributed by atoms with Gasteiger partial charge in [0.2, 0.25) is 0 Å². The first-order valence-electron chi connectivity index (χ1n) is 6.20. The molecule has 1 rings (SSSR count). The highest BCUT2D eigenvalue weighted by atomic mass is 79.9. The van der Waals surface area contributed by atoms with Crippen LogP contribution >= 0.6 is 15.9 Å². The first kappa shape index (κ1) is 14.7. The molecule has 0 bridgehead atoms. The summed E-state index contributed by atoms with van der Waals surface area (Å²) in [4.78, 5) is 2.37. The van der Waals surface area contributed by atoms with Crippen molar-refractivity contribution in [2.75, 3.05) is 20.1 Å². The molecule has 1 unspecified atom stereocenters. The van der Waals surface area contributed by atoms with Gasteiger partial charge < -0.3 is 10.6 Å². The van der Waals surface area contributed by atoms with Crippen LogP contribution in [0.15, 0.2) is 28.7 Å². The highest BCUT2D eigenvalue weighted by molar-refractivity contribution is 9.10. The fraction of sp³-hybridized carbons (Fsp3) is 0.571. The minimum atomic E-state index is 0.470. The predicted octanol–water partition coefficient (Wildman–Crippen LogP) is 2.91. The lowest BCUT2D eigenvalue weighted by Gasteiger charge is -2.30. The van der Waals surface area contributed by atoms with Gasteiger partial charge in [-0.1, -0.05) is 48.0 Å². The number of hydrogen-bond donors (Lipinski definition) is 1. The molecule has 0 aliphatic carbocycles. The SMILES string of the molecule is CC(C)C(CN)N(C)CCc1ccccc1Br. The predicted molar refractivity (Wildman–Crippen MR) is 78.2 cm³/mol. The van der Waals surface area contributed by atoms with Crippen molar-refractivity contribution >= 4 is 15.9 Å². The van der Waals surface area contributed by atoms with E-state index in [4.69, 9.17) is 5.73 Å². The Hall–Kier alpha value is -0.380. The van der Waals surface area contributed by atoms with E-state index >= 15 is 0 Å². The van der Waals surface area contributed by atoms with Crippen molar-refractivity contribution < 1.29 is 0 Å². The van der Waals surface area contributed by atoms with Crippen molar-refractivity contribution in [1.29, 1.82) is 0 Å². The van der Waals surface area contributed by atoms with Gasteiger partial charge in [0.25, 0.3) is 0 Å². The van der Waals surface area contributed by atoms with Gasteiger partial charge in [-0.05, 0) is 31.0 Å². The Morgan fingerprint density at radius 1 is 1.29 bits per heavy atom. The van der Waals surface area contributed by atoms with E-state index in [1.54, 1.807) is 0 Å². The van der Waals surface area contributed by atoms with Crippen LogP contribution in [0.25, 0.3) is 0 Å². The van der Waals surface area contributed by atoms with Crippen LogP contribution in [0.5, 0.6) is 0 Å². The number of nitrogens with zero attached hydrogens (tertiary/aromatic N) is 1. The Bertz CT molecular complexity index is 339. The minimum absolute atomic E-state index is 0.470. The summed E-state index contributed by atoms with van der Waals surface area (Å²) in [5.41, 5.74) is 7.18. The van der Waals surface area contributed by atoms with E-state index in [1.165, 1.54) is 10.0 Å². The average Bonchev–Trinajstić information content (AvgIpc) is 2.28. The third kappa shape index (κ3) is 4.41. The molecule has 0 amide bonds. The van der Waals surface area contributed by atoms with Gasteiger partial charge in [-0.3, -0.25) is 0 Å². The van der Waals surface area contributed by atoms with E-state index < -0.39 is 0 Å². The maximum Gasteiger partial charge on any atom is 0.0238 e. The first-order valence-corrected chi connectivity index (χ1v) is 6.99. The van der Waals surface area contributed by atoms with Crippen molar-refractivity contribution in [3.8, 4) is 0 Å². The molecule has 3 heteroatoms. The normalized spacial score (nSPS) is 13.4. The van der Waals surface area contributed by atoms with Gasteiger partial charge >= 0.3 is 0 Å². The summed E-state index contributed by atoms with van der Waals surface area (Å²) < 4.78 is 1.20. The molecule has 0 fully saturated rings. The zero-order chi connectivity index (χ0) is 12.8. The Labute approximate surface area is 113 Å². The molecule has 96 valence electrons. The van der Waals surface area contributed by atoms with Crippen molar-refractivity contribution in [3.63, 3.8) is 0 Å². The molecule has 0 saturated heterocycles. The summed E-state index contributed by atoms with van der Waals surface area (Å²) in [6.45, 7) is 6.23. The second-order valence-corrected chi connectivity index (χ2v) is 5.72. The van der Waals surface area contributed by atoms with Crippen molar-refractivity contribution in [2.45, 2.75) is 26.3 Å². The number of hydrogen-bond acceptors (Lipinski definition) is 2. The van der Waals surface area contributed by atoms with Gasteiger partial charge in [0.1, 0.15) is 0 Å². The highest BCUT2D eigenvalue weighted by Crippen LogP contribution is 2.17. The molecule has 0 saturated carbocycles. The lowest BCUT2D eigenvalue weighted by Crippen LogP contribution is -2.42. The van der Waals surface area contributed by atoms with Crippen molar-refractivity contribution in [2.24, 2.45) is 11.7 Å². The van der Waals surface area contributed by atoms with E-state index in [9.17, 15) is 0 Å². The lowest BCUT2D eigenvalue weighted by atomic mass is 10.0. The van der Waals surface area contributed by atoms with Gasteiger partial charge in [-0.25, -0.2) is 0 Å². The lowest BCUT2D eigenvalue weighted by molar-refractivity contribution is 0.199. The first-order chi connectivity index (χ1) is 8.06.